The Bertz CT molecular complexity index is 1390. The number of nitrogens with zero attached hydrogens (tertiary/aromatic N) is 6. The van der Waals surface area contributed by atoms with Crippen molar-refractivity contribution in [3.05, 3.63) is 81.0 Å². The molecule has 0 radical (unpaired) electrons. The Morgan fingerprint density at radius 2 is 2.11 bits per heavy atom. The van der Waals surface area contributed by atoms with Crippen LogP contribution in [-0.4, -0.2) is 61.8 Å². The van der Waals surface area contributed by atoms with Gasteiger partial charge in [-0.3, -0.25) is 14.4 Å². The second-order valence-corrected chi connectivity index (χ2v) is 10.0. The first-order valence-electron chi connectivity index (χ1n) is 11.7. The maximum atomic E-state index is 13.3. The van der Waals surface area contributed by atoms with Crippen molar-refractivity contribution in [2.75, 3.05) is 26.2 Å². The van der Waals surface area contributed by atoms with E-state index in [0.29, 0.717) is 48.2 Å². The molecule has 1 aliphatic heterocycles. The van der Waals surface area contributed by atoms with Crippen LogP contribution in [0.4, 0.5) is 4.39 Å². The van der Waals surface area contributed by atoms with Crippen molar-refractivity contribution in [1.82, 2.24) is 34.9 Å². The minimum absolute atomic E-state index is 0.0955. The smallest absolute Gasteiger partial charge is 0.252 e. The molecule has 1 N–H and O–H groups in total. The predicted molar refractivity (Wildman–Crippen MR) is 138 cm³/mol. The number of benzene rings is 1. The summed E-state index contributed by atoms with van der Waals surface area (Å²) in [6.45, 7) is 4.26. The zero-order valence-corrected chi connectivity index (χ0v) is 21.8. The molecule has 1 amide bonds. The molecule has 4 aromatic rings. The number of nitrogens with one attached hydrogen (secondary N) is 1. The van der Waals surface area contributed by atoms with E-state index in [2.05, 4.69) is 30.3 Å². The Morgan fingerprint density at radius 3 is 2.81 bits per heavy atom. The average Bonchev–Trinajstić information content (AvgIpc) is 3.53. The zero-order chi connectivity index (χ0) is 25.9. The van der Waals surface area contributed by atoms with Gasteiger partial charge in [-0.25, -0.2) is 19.3 Å². The number of aromatic nitrogens is 5. The van der Waals surface area contributed by atoms with Crippen molar-refractivity contribution in [1.29, 1.82) is 0 Å². The first-order valence-corrected chi connectivity index (χ1v) is 12.9. The number of amides is 1. The van der Waals surface area contributed by atoms with Gasteiger partial charge < -0.3 is 10.1 Å². The van der Waals surface area contributed by atoms with E-state index in [-0.39, 0.29) is 18.1 Å². The molecule has 192 valence electrons. The normalized spacial score (nSPS) is 17.0. The van der Waals surface area contributed by atoms with Gasteiger partial charge in [0.25, 0.3) is 5.91 Å². The summed E-state index contributed by atoms with van der Waals surface area (Å²) in [5.74, 6) is -0.549. The Kier molecular flexibility index (Phi) is 7.56. The van der Waals surface area contributed by atoms with E-state index >= 15 is 0 Å². The lowest BCUT2D eigenvalue weighted by Crippen LogP contribution is -2.44. The Balaban J connectivity index is 1.35. The van der Waals surface area contributed by atoms with Crippen LogP contribution in [-0.2, 0) is 11.8 Å². The number of hydrogen-bond donors (Lipinski definition) is 1. The van der Waals surface area contributed by atoms with Crippen molar-refractivity contribution >= 4 is 28.8 Å². The van der Waals surface area contributed by atoms with E-state index in [9.17, 15) is 9.18 Å². The molecule has 2 atom stereocenters. The second kappa shape index (κ2) is 11.0. The van der Waals surface area contributed by atoms with Gasteiger partial charge in [0.05, 0.1) is 59.1 Å². The highest BCUT2D eigenvalue weighted by Crippen LogP contribution is 2.32. The first-order chi connectivity index (χ1) is 17.9. The lowest BCUT2D eigenvalue weighted by Gasteiger charge is -2.38. The highest BCUT2D eigenvalue weighted by atomic mass is 35.5. The number of carbonyl (C=O) groups is 1. The highest BCUT2D eigenvalue weighted by molar-refractivity contribution is 7.09. The van der Waals surface area contributed by atoms with Crippen molar-refractivity contribution in [3.8, 4) is 11.4 Å². The SMILES string of the molecule is Cc1ncsc1C(CNC(=O)c1cc(-c2ncc(F)cn2)ccc1Cl)N1CCOC(c2cnn(C)c2)C1. The number of hydrogen-bond acceptors (Lipinski definition) is 8. The van der Waals surface area contributed by atoms with Crippen molar-refractivity contribution < 1.29 is 13.9 Å². The molecule has 1 aliphatic rings. The molecule has 2 unspecified atom stereocenters. The number of morpholine rings is 1. The van der Waals surface area contributed by atoms with E-state index in [4.69, 9.17) is 16.3 Å². The molecule has 9 nitrogen and oxygen atoms in total. The summed E-state index contributed by atoms with van der Waals surface area (Å²) in [7, 11) is 1.88. The summed E-state index contributed by atoms with van der Waals surface area (Å²) in [4.78, 5) is 29.1. The molecule has 1 saturated heterocycles. The standard InChI is InChI=1S/C25H25ClFN7O2S/c1-15-23(37-14-31-15)21(34-5-6-36-22(13-34)17-8-32-33(2)12-17)11-30-25(35)19-7-16(3-4-20(19)26)24-28-9-18(27)10-29-24/h3-4,7-10,12,14,21-22H,5-6,11,13H2,1-2H3,(H,30,35). The Morgan fingerprint density at radius 1 is 1.30 bits per heavy atom. The molecular weight excluding hydrogens is 517 g/mol. The number of thiazole rings is 1. The van der Waals surface area contributed by atoms with E-state index < -0.39 is 5.82 Å². The van der Waals surface area contributed by atoms with E-state index in [1.165, 1.54) is 0 Å². The lowest BCUT2D eigenvalue weighted by molar-refractivity contribution is -0.0448. The minimum atomic E-state index is -0.533. The topological polar surface area (TPSA) is 98.1 Å². The lowest BCUT2D eigenvalue weighted by atomic mass is 10.1. The monoisotopic (exact) mass is 541 g/mol. The van der Waals surface area contributed by atoms with Crippen LogP contribution < -0.4 is 5.32 Å². The molecule has 0 saturated carbocycles. The van der Waals surface area contributed by atoms with E-state index in [0.717, 1.165) is 28.5 Å². The van der Waals surface area contributed by atoms with Crippen LogP contribution in [0.5, 0.6) is 0 Å². The number of rotatable bonds is 7. The third-order valence-corrected chi connectivity index (χ3v) is 7.63. The van der Waals surface area contributed by atoms with Crippen LogP contribution in [0.2, 0.25) is 5.02 Å². The second-order valence-electron chi connectivity index (χ2n) is 8.75. The summed E-state index contributed by atoms with van der Waals surface area (Å²) < 4.78 is 21.0. The zero-order valence-electron chi connectivity index (χ0n) is 20.3. The van der Waals surface area contributed by atoms with Gasteiger partial charge >= 0.3 is 0 Å². The van der Waals surface area contributed by atoms with Gasteiger partial charge in [-0.2, -0.15) is 5.10 Å². The third kappa shape index (κ3) is 5.69. The summed E-state index contributed by atoms with van der Waals surface area (Å²) >= 11 is 7.95. The summed E-state index contributed by atoms with van der Waals surface area (Å²) in [5, 5.41) is 7.63. The van der Waals surface area contributed by atoms with Gasteiger partial charge in [-0.1, -0.05) is 11.6 Å². The molecule has 0 bridgehead atoms. The molecule has 3 aromatic heterocycles. The molecule has 5 rings (SSSR count). The molecule has 12 heteroatoms. The van der Waals surface area contributed by atoms with Crippen LogP contribution >= 0.6 is 22.9 Å². The summed E-state index contributed by atoms with van der Waals surface area (Å²) in [6, 6.07) is 4.83. The fourth-order valence-electron chi connectivity index (χ4n) is 4.36. The fourth-order valence-corrected chi connectivity index (χ4v) is 5.50. The molecular formula is C25H25ClFN7O2S. The largest absolute Gasteiger partial charge is 0.371 e. The van der Waals surface area contributed by atoms with E-state index in [1.54, 1.807) is 34.2 Å². The summed E-state index contributed by atoms with van der Waals surface area (Å²) in [6.07, 6.45) is 5.83. The molecule has 37 heavy (non-hydrogen) atoms. The van der Waals surface area contributed by atoms with Crippen molar-refractivity contribution in [3.63, 3.8) is 0 Å². The Labute approximate surface area is 222 Å². The van der Waals surface area contributed by atoms with Crippen LogP contribution in [0.25, 0.3) is 11.4 Å². The highest BCUT2D eigenvalue weighted by Gasteiger charge is 2.31. The molecule has 0 aliphatic carbocycles. The van der Waals surface area contributed by atoms with E-state index in [1.807, 2.05) is 31.9 Å². The molecule has 4 heterocycles. The maximum absolute atomic E-state index is 13.3. The van der Waals surface area contributed by atoms with Crippen LogP contribution in [0.3, 0.4) is 0 Å². The number of carbonyl (C=O) groups excluding carboxylic acids is 1. The van der Waals surface area contributed by atoms with Gasteiger partial charge in [0.15, 0.2) is 11.6 Å². The fraction of sp³-hybridized carbons (Fsp3) is 0.320. The van der Waals surface area contributed by atoms with Gasteiger partial charge in [-0.05, 0) is 25.1 Å². The van der Waals surface area contributed by atoms with Gasteiger partial charge in [0.1, 0.15) is 0 Å². The summed E-state index contributed by atoms with van der Waals surface area (Å²) in [5.41, 5.74) is 4.63. The van der Waals surface area contributed by atoms with Crippen LogP contribution in [0.1, 0.15) is 38.6 Å². The first kappa shape index (κ1) is 25.4. The van der Waals surface area contributed by atoms with Gasteiger partial charge in [0, 0.05) is 48.9 Å². The van der Waals surface area contributed by atoms with Crippen LogP contribution in [0.15, 0.2) is 48.5 Å². The number of aryl methyl sites for hydroxylation is 2. The maximum Gasteiger partial charge on any atom is 0.252 e. The van der Waals surface area contributed by atoms with Crippen molar-refractivity contribution in [2.45, 2.75) is 19.1 Å². The Hall–Kier alpha value is -3.25. The number of ether oxygens (including phenoxy) is 1. The molecule has 0 spiro atoms. The van der Waals surface area contributed by atoms with Crippen molar-refractivity contribution in [2.24, 2.45) is 7.05 Å². The predicted octanol–water partition coefficient (Wildman–Crippen LogP) is 3.98. The number of halogens is 2. The molecule has 1 fully saturated rings. The minimum Gasteiger partial charge on any atom is -0.371 e. The van der Waals surface area contributed by atoms with Gasteiger partial charge in [-0.15, -0.1) is 11.3 Å². The average molecular weight is 542 g/mol. The molecule has 1 aromatic carbocycles. The third-order valence-electron chi connectivity index (χ3n) is 6.27. The van der Waals surface area contributed by atoms with Gasteiger partial charge in [0.2, 0.25) is 0 Å². The van der Waals surface area contributed by atoms with Crippen LogP contribution in [0, 0.1) is 12.7 Å². The quantitative estimate of drug-likeness (QED) is 0.378.